The highest BCUT2D eigenvalue weighted by atomic mass is 16.3. The van der Waals surface area contributed by atoms with Crippen molar-refractivity contribution in [2.75, 3.05) is 11.9 Å². The molecule has 3 nitrogen and oxygen atoms in total. The molecule has 0 aliphatic heterocycles. The van der Waals surface area contributed by atoms with Crippen LogP contribution < -0.4 is 4.90 Å². The predicted molar refractivity (Wildman–Crippen MR) is 115 cm³/mol. The van der Waals surface area contributed by atoms with Gasteiger partial charge in [-0.1, -0.05) is 60.7 Å². The molecule has 0 saturated heterocycles. The lowest BCUT2D eigenvalue weighted by atomic mass is 10.0. The molecule has 0 aliphatic rings. The van der Waals surface area contributed by atoms with Gasteiger partial charge < -0.3 is 10.0 Å². The number of pyridine rings is 1. The Morgan fingerprint density at radius 2 is 1.36 bits per heavy atom. The monoisotopic (exact) mass is 366 g/mol. The van der Waals surface area contributed by atoms with E-state index >= 15 is 0 Å². The summed E-state index contributed by atoms with van der Waals surface area (Å²) >= 11 is 0. The van der Waals surface area contributed by atoms with E-state index in [2.05, 4.69) is 60.5 Å². The summed E-state index contributed by atoms with van der Waals surface area (Å²) in [5.41, 5.74) is 5.37. The van der Waals surface area contributed by atoms with Crippen LogP contribution in [0.15, 0.2) is 97.1 Å². The number of anilines is 1. The summed E-state index contributed by atoms with van der Waals surface area (Å²) in [6.45, 7) is 0.779. The Balaban J connectivity index is 1.76. The van der Waals surface area contributed by atoms with E-state index in [9.17, 15) is 5.11 Å². The molecule has 4 aromatic rings. The fraction of sp³-hybridized carbons (Fsp3) is 0.0800. The largest absolute Gasteiger partial charge is 0.508 e. The van der Waals surface area contributed by atoms with Crippen molar-refractivity contribution in [1.29, 1.82) is 0 Å². The van der Waals surface area contributed by atoms with Crippen molar-refractivity contribution >= 4 is 5.82 Å². The number of phenolic OH excluding ortho intramolecular Hbond substituents is 1. The van der Waals surface area contributed by atoms with Crippen LogP contribution in [0.3, 0.4) is 0 Å². The van der Waals surface area contributed by atoms with E-state index in [0.29, 0.717) is 0 Å². The highest BCUT2D eigenvalue weighted by Crippen LogP contribution is 2.30. The van der Waals surface area contributed by atoms with Crippen molar-refractivity contribution in [3.05, 3.63) is 103 Å². The normalized spacial score (nSPS) is 10.6. The van der Waals surface area contributed by atoms with Crippen molar-refractivity contribution < 1.29 is 5.11 Å². The van der Waals surface area contributed by atoms with Gasteiger partial charge in [0.2, 0.25) is 0 Å². The predicted octanol–water partition coefficient (Wildman–Crippen LogP) is 5.76. The number of nitrogens with zero attached hydrogens (tertiary/aromatic N) is 2. The minimum absolute atomic E-state index is 0.254. The summed E-state index contributed by atoms with van der Waals surface area (Å²) in [5.74, 6) is 1.16. The molecule has 1 heterocycles. The first-order chi connectivity index (χ1) is 13.7. The molecule has 1 aromatic heterocycles. The van der Waals surface area contributed by atoms with Gasteiger partial charge in [-0.15, -0.1) is 0 Å². The highest BCUT2D eigenvalue weighted by molar-refractivity contribution is 5.74. The molecule has 1 N–H and O–H groups in total. The van der Waals surface area contributed by atoms with Crippen LogP contribution in [0.25, 0.3) is 22.4 Å². The van der Waals surface area contributed by atoms with Gasteiger partial charge in [-0.05, 0) is 53.1 Å². The van der Waals surface area contributed by atoms with Crippen LogP contribution in [0.1, 0.15) is 5.56 Å². The van der Waals surface area contributed by atoms with E-state index in [1.807, 2.05) is 36.4 Å². The lowest BCUT2D eigenvalue weighted by molar-refractivity contribution is 0.475. The Bertz CT molecular complexity index is 1040. The number of rotatable bonds is 5. The first-order valence-electron chi connectivity index (χ1n) is 9.31. The summed E-state index contributed by atoms with van der Waals surface area (Å²) in [6.07, 6.45) is 0. The summed E-state index contributed by atoms with van der Waals surface area (Å²) in [6, 6.07) is 32.1. The van der Waals surface area contributed by atoms with E-state index in [1.165, 1.54) is 5.56 Å². The third kappa shape index (κ3) is 4.04. The van der Waals surface area contributed by atoms with E-state index in [0.717, 1.165) is 34.7 Å². The first kappa shape index (κ1) is 17.8. The average molecular weight is 366 g/mol. The van der Waals surface area contributed by atoms with Gasteiger partial charge in [0.1, 0.15) is 11.6 Å². The van der Waals surface area contributed by atoms with Gasteiger partial charge in [0.25, 0.3) is 0 Å². The molecule has 0 spiro atoms. The summed E-state index contributed by atoms with van der Waals surface area (Å²) in [7, 11) is 2.06. The smallest absolute Gasteiger partial charge is 0.129 e. The van der Waals surface area contributed by atoms with Gasteiger partial charge in [0.05, 0.1) is 5.69 Å². The zero-order valence-electron chi connectivity index (χ0n) is 15.8. The zero-order chi connectivity index (χ0) is 19.3. The van der Waals surface area contributed by atoms with E-state index in [4.69, 9.17) is 4.98 Å². The molecule has 0 aliphatic carbocycles. The Morgan fingerprint density at radius 3 is 2.04 bits per heavy atom. The molecule has 3 aromatic carbocycles. The second kappa shape index (κ2) is 7.97. The van der Waals surface area contributed by atoms with Gasteiger partial charge >= 0.3 is 0 Å². The number of hydrogen-bond acceptors (Lipinski definition) is 3. The standard InChI is InChI=1S/C25H22N2O/c1-27(18-19-8-4-2-5-9-19)25-17-22(20-10-6-3-7-11-20)16-24(26-25)21-12-14-23(28)15-13-21/h2-17,28H,18H2,1H3. The maximum Gasteiger partial charge on any atom is 0.129 e. The van der Waals surface area contributed by atoms with E-state index in [1.54, 1.807) is 12.1 Å². The molecule has 0 unspecified atom stereocenters. The second-order valence-corrected chi connectivity index (χ2v) is 6.85. The topological polar surface area (TPSA) is 36.4 Å². The average Bonchev–Trinajstić information content (AvgIpc) is 2.75. The van der Waals surface area contributed by atoms with Crippen molar-refractivity contribution in [2.45, 2.75) is 6.54 Å². The Kier molecular flexibility index (Phi) is 5.07. The van der Waals surface area contributed by atoms with Crippen molar-refractivity contribution in [3.8, 4) is 28.1 Å². The van der Waals surface area contributed by atoms with Gasteiger partial charge in [0, 0.05) is 19.2 Å². The molecule has 0 radical (unpaired) electrons. The highest BCUT2D eigenvalue weighted by Gasteiger charge is 2.11. The van der Waals surface area contributed by atoms with E-state index in [-0.39, 0.29) is 5.75 Å². The SMILES string of the molecule is CN(Cc1ccccc1)c1cc(-c2ccccc2)cc(-c2ccc(O)cc2)n1. The maximum atomic E-state index is 9.61. The van der Waals surface area contributed by atoms with Crippen molar-refractivity contribution in [1.82, 2.24) is 4.98 Å². The van der Waals surface area contributed by atoms with Gasteiger partial charge in [-0.2, -0.15) is 0 Å². The number of phenols is 1. The van der Waals surface area contributed by atoms with E-state index < -0.39 is 0 Å². The fourth-order valence-electron chi connectivity index (χ4n) is 3.23. The summed E-state index contributed by atoms with van der Waals surface area (Å²) in [5, 5.41) is 9.61. The van der Waals surface area contributed by atoms with Crippen LogP contribution >= 0.6 is 0 Å². The van der Waals surface area contributed by atoms with Crippen LogP contribution in [0.5, 0.6) is 5.75 Å². The summed E-state index contributed by atoms with van der Waals surface area (Å²) in [4.78, 5) is 7.06. The third-order valence-electron chi connectivity index (χ3n) is 4.74. The third-order valence-corrected chi connectivity index (χ3v) is 4.74. The Labute approximate surface area is 165 Å². The molecule has 0 bridgehead atoms. The molecule has 28 heavy (non-hydrogen) atoms. The van der Waals surface area contributed by atoms with Gasteiger partial charge in [-0.25, -0.2) is 4.98 Å². The number of hydrogen-bond donors (Lipinski definition) is 1. The molecule has 0 saturated carbocycles. The lowest BCUT2D eigenvalue weighted by Crippen LogP contribution is -2.18. The molecular weight excluding hydrogens is 344 g/mol. The quantitative estimate of drug-likeness (QED) is 0.488. The molecule has 138 valence electrons. The minimum Gasteiger partial charge on any atom is -0.508 e. The molecule has 3 heteroatoms. The second-order valence-electron chi connectivity index (χ2n) is 6.85. The van der Waals surface area contributed by atoms with Gasteiger partial charge in [0.15, 0.2) is 0 Å². The zero-order valence-corrected chi connectivity index (χ0v) is 15.8. The number of aromatic nitrogens is 1. The maximum absolute atomic E-state index is 9.61. The first-order valence-corrected chi connectivity index (χ1v) is 9.31. The number of aromatic hydroxyl groups is 1. The van der Waals surface area contributed by atoms with Gasteiger partial charge in [-0.3, -0.25) is 0 Å². The van der Waals surface area contributed by atoms with Crippen LogP contribution in [-0.4, -0.2) is 17.1 Å². The molecule has 0 amide bonds. The molecular formula is C25H22N2O. The van der Waals surface area contributed by atoms with Crippen molar-refractivity contribution in [2.24, 2.45) is 0 Å². The molecule has 0 fully saturated rings. The lowest BCUT2D eigenvalue weighted by Gasteiger charge is -2.20. The molecule has 4 rings (SSSR count). The minimum atomic E-state index is 0.254. The Hall–Kier alpha value is -3.59. The molecule has 0 atom stereocenters. The van der Waals surface area contributed by atoms with Crippen LogP contribution in [0.2, 0.25) is 0 Å². The van der Waals surface area contributed by atoms with Crippen LogP contribution in [0, 0.1) is 0 Å². The number of benzene rings is 3. The van der Waals surface area contributed by atoms with Crippen molar-refractivity contribution in [3.63, 3.8) is 0 Å². The Morgan fingerprint density at radius 1 is 0.714 bits per heavy atom. The van der Waals surface area contributed by atoms with Crippen LogP contribution in [0.4, 0.5) is 5.82 Å². The van der Waals surface area contributed by atoms with Crippen LogP contribution in [-0.2, 0) is 6.54 Å². The summed E-state index contributed by atoms with van der Waals surface area (Å²) < 4.78 is 0. The fourth-order valence-corrected chi connectivity index (χ4v) is 3.23.